The van der Waals surface area contributed by atoms with E-state index in [0.717, 1.165) is 23.9 Å². The van der Waals surface area contributed by atoms with E-state index in [9.17, 15) is 35.1 Å². The third kappa shape index (κ3) is 4.22. The van der Waals surface area contributed by atoms with E-state index in [-0.39, 0.29) is 37.0 Å². The number of methoxy groups -OCH3 is 1. The smallest absolute Gasteiger partial charge is 0.331 e. The molecule has 1 heterocycles. The van der Waals surface area contributed by atoms with Crippen molar-refractivity contribution < 1.29 is 44.6 Å². The van der Waals surface area contributed by atoms with E-state index in [1.165, 1.54) is 0 Å². The van der Waals surface area contributed by atoms with Crippen molar-refractivity contribution >= 4 is 12.3 Å². The van der Waals surface area contributed by atoms with E-state index in [2.05, 4.69) is 11.4 Å². The minimum absolute atomic E-state index is 0.0758. The summed E-state index contributed by atoms with van der Waals surface area (Å²) in [6.45, 7) is 7.88. The minimum Gasteiger partial charge on any atom is -0.450 e. The molecule has 7 aliphatic rings. The molecule has 47 heavy (non-hydrogen) atoms. The maximum Gasteiger partial charge on any atom is 0.331 e. The maximum absolute atomic E-state index is 13.7. The largest absolute Gasteiger partial charge is 0.450 e. The summed E-state index contributed by atoms with van der Waals surface area (Å²) in [4.78, 5) is 26.5. The number of esters is 1. The van der Waals surface area contributed by atoms with Gasteiger partial charge in [0, 0.05) is 50.0 Å². The third-order valence-electron chi connectivity index (χ3n) is 14.0. The fraction of sp³-hybridized carbons (Fsp3) is 0.784. The standard InChI is InChI=1S/C37H53NO9/c1-20(2)6-9-27-32(42)37(45)31-21(7-8-24-13-25(40)17-35(27,43)34(24,31)19-39)15-33(3)29-22(16-36(33,37)44)12-23(18-38-10-5-11-46-4)30-26(29)14-28(41)47-30/h7-8,12,14,19-22,24-25,27,29-32,38,40,42-45H,5-6,9-11,13,15-18H2,1-4H3/t21-,22-,24+,25+,27+,29-,30+,31-,32+,33-,34-,35-,36-,37-/m1/s1. The van der Waals surface area contributed by atoms with Crippen LogP contribution in [0, 0.1) is 52.3 Å². The second-order valence-electron chi connectivity index (χ2n) is 16.6. The SMILES string of the molecule is COCCCNCC1=C[C@@H]2C[C@]3(O)[C@]4(O)[C@@H](O)[C@H](CCC(C)C)[C@]5(O)C[C@@H](O)C[C@@H]6C=C[C@H](C[C@]3(C)[C@H]2C2=CC(=O)O[C@@H]12)[C@@H]4[C@@]65C=O. The summed E-state index contributed by atoms with van der Waals surface area (Å²) in [6, 6.07) is 0. The Morgan fingerprint density at radius 1 is 1.13 bits per heavy atom. The number of ether oxygens (including phenoxy) is 2. The highest BCUT2D eigenvalue weighted by Gasteiger charge is 2.86. The Kier molecular flexibility index (Phi) is 8.07. The molecule has 0 aromatic rings. The molecule has 0 aromatic heterocycles. The fourth-order valence-electron chi connectivity index (χ4n) is 12.3. The molecule has 14 atom stereocenters. The number of hydrogen-bond donors (Lipinski definition) is 6. The van der Waals surface area contributed by atoms with Crippen LogP contribution in [0.15, 0.2) is 35.5 Å². The Morgan fingerprint density at radius 2 is 1.89 bits per heavy atom. The van der Waals surface area contributed by atoms with Crippen LogP contribution in [0.3, 0.4) is 0 Å². The van der Waals surface area contributed by atoms with Crippen LogP contribution >= 0.6 is 0 Å². The lowest BCUT2D eigenvalue weighted by molar-refractivity contribution is -0.379. The topological polar surface area (TPSA) is 166 Å². The van der Waals surface area contributed by atoms with Crippen molar-refractivity contribution in [2.45, 2.75) is 101 Å². The lowest BCUT2D eigenvalue weighted by Crippen LogP contribution is -2.86. The average Bonchev–Trinajstić information content (AvgIpc) is 3.50. The molecule has 7 rings (SSSR count). The van der Waals surface area contributed by atoms with Crippen LogP contribution in [-0.4, -0.2) is 99.7 Å². The van der Waals surface area contributed by atoms with Gasteiger partial charge in [0.1, 0.15) is 23.6 Å². The number of fused-ring (bicyclic) bond motifs is 6. The average molecular weight is 656 g/mol. The second-order valence-corrected chi connectivity index (χ2v) is 16.6. The summed E-state index contributed by atoms with van der Waals surface area (Å²) >= 11 is 0. The Morgan fingerprint density at radius 3 is 2.60 bits per heavy atom. The van der Waals surface area contributed by atoms with Crippen LogP contribution in [0.25, 0.3) is 0 Å². The van der Waals surface area contributed by atoms with Crippen molar-refractivity contribution in [1.29, 1.82) is 0 Å². The summed E-state index contributed by atoms with van der Waals surface area (Å²) in [5.74, 6) is -3.75. The fourth-order valence-corrected chi connectivity index (χ4v) is 12.3. The molecule has 0 spiro atoms. The Bertz CT molecular complexity index is 1390. The first-order chi connectivity index (χ1) is 22.2. The lowest BCUT2D eigenvalue weighted by atomic mass is 9.32. The Hall–Kier alpha value is -1.92. The first-order valence-corrected chi connectivity index (χ1v) is 17.7. The molecule has 1 aliphatic heterocycles. The van der Waals surface area contributed by atoms with Crippen molar-refractivity contribution in [2.75, 3.05) is 26.8 Å². The quantitative estimate of drug-likeness (QED) is 0.0885. The molecule has 10 heteroatoms. The second kappa shape index (κ2) is 11.3. The summed E-state index contributed by atoms with van der Waals surface area (Å²) in [5, 5.41) is 66.6. The van der Waals surface area contributed by atoms with Crippen molar-refractivity contribution in [3.63, 3.8) is 0 Å². The summed E-state index contributed by atoms with van der Waals surface area (Å²) in [7, 11) is 1.66. The van der Waals surface area contributed by atoms with Crippen molar-refractivity contribution in [3.05, 3.63) is 35.5 Å². The van der Waals surface area contributed by atoms with Crippen molar-refractivity contribution in [3.8, 4) is 0 Å². The van der Waals surface area contributed by atoms with Crippen molar-refractivity contribution in [2.24, 2.45) is 52.3 Å². The van der Waals surface area contributed by atoms with E-state index in [1.54, 1.807) is 13.2 Å². The predicted octanol–water partition coefficient (Wildman–Crippen LogP) is 1.83. The van der Waals surface area contributed by atoms with Crippen molar-refractivity contribution in [1.82, 2.24) is 5.32 Å². The molecule has 0 saturated heterocycles. The molecular weight excluding hydrogens is 602 g/mol. The molecule has 260 valence electrons. The van der Waals surface area contributed by atoms with Gasteiger partial charge in [-0.2, -0.15) is 0 Å². The van der Waals surface area contributed by atoms with E-state index < -0.39 is 75.6 Å². The van der Waals surface area contributed by atoms with Crippen LogP contribution in [0.1, 0.15) is 65.7 Å². The van der Waals surface area contributed by atoms with E-state index in [0.29, 0.717) is 39.0 Å². The van der Waals surface area contributed by atoms with Crippen LogP contribution in [-0.2, 0) is 19.1 Å². The number of hydrogen-bond acceptors (Lipinski definition) is 10. The van der Waals surface area contributed by atoms with Gasteiger partial charge >= 0.3 is 5.97 Å². The number of nitrogens with one attached hydrogen (secondary N) is 1. The molecule has 0 bridgehead atoms. The van der Waals surface area contributed by atoms with Gasteiger partial charge in [0.25, 0.3) is 0 Å². The number of aldehydes is 1. The van der Waals surface area contributed by atoms with E-state index in [1.807, 2.05) is 32.9 Å². The monoisotopic (exact) mass is 655 g/mol. The van der Waals surface area contributed by atoms with Gasteiger partial charge in [0.15, 0.2) is 0 Å². The number of carbonyl (C=O) groups is 2. The lowest BCUT2D eigenvalue weighted by Gasteiger charge is -2.75. The van der Waals surface area contributed by atoms with Crippen LogP contribution in [0.2, 0.25) is 0 Å². The van der Waals surface area contributed by atoms with Crippen LogP contribution < -0.4 is 5.32 Å². The number of aliphatic hydroxyl groups excluding tert-OH is 2. The van der Waals surface area contributed by atoms with E-state index in [4.69, 9.17) is 9.47 Å². The van der Waals surface area contributed by atoms with Gasteiger partial charge in [0.05, 0.1) is 23.2 Å². The summed E-state index contributed by atoms with van der Waals surface area (Å²) < 4.78 is 11.0. The zero-order valence-electron chi connectivity index (χ0n) is 28.1. The van der Waals surface area contributed by atoms with Gasteiger partial charge in [-0.25, -0.2) is 4.79 Å². The Labute approximate surface area is 277 Å². The first kappa shape index (κ1) is 33.6. The number of carbonyl (C=O) groups excluding carboxylic acids is 2. The van der Waals surface area contributed by atoms with Gasteiger partial charge in [-0.05, 0) is 79.4 Å². The van der Waals surface area contributed by atoms with Gasteiger partial charge in [0.2, 0.25) is 0 Å². The highest BCUT2D eigenvalue weighted by molar-refractivity contribution is 5.87. The normalized spacial score (nSPS) is 50.6. The minimum atomic E-state index is -2.16. The predicted molar refractivity (Wildman–Crippen MR) is 171 cm³/mol. The van der Waals surface area contributed by atoms with Crippen LogP contribution in [0.4, 0.5) is 0 Å². The zero-order valence-corrected chi connectivity index (χ0v) is 28.1. The molecule has 6 N–H and O–H groups in total. The third-order valence-corrected chi connectivity index (χ3v) is 14.0. The van der Waals surface area contributed by atoms with E-state index >= 15 is 0 Å². The summed E-state index contributed by atoms with van der Waals surface area (Å²) in [5.41, 5.74) is -6.63. The maximum atomic E-state index is 13.7. The molecule has 0 radical (unpaired) electrons. The van der Waals surface area contributed by atoms with Gasteiger partial charge in [-0.3, -0.25) is 0 Å². The van der Waals surface area contributed by atoms with Gasteiger partial charge in [-0.15, -0.1) is 0 Å². The number of rotatable bonds is 10. The highest BCUT2D eigenvalue weighted by Crippen LogP contribution is 2.77. The number of allylic oxidation sites excluding steroid dienone is 3. The molecular formula is C37H53NO9. The summed E-state index contributed by atoms with van der Waals surface area (Å²) in [6.07, 6.45) is 7.80. The van der Waals surface area contributed by atoms with Gasteiger partial charge in [-0.1, -0.05) is 45.4 Å². The molecule has 6 aliphatic carbocycles. The zero-order chi connectivity index (χ0) is 33.7. The molecule has 4 saturated carbocycles. The molecule has 0 aromatic carbocycles. The number of aliphatic hydroxyl groups is 5. The van der Waals surface area contributed by atoms with Gasteiger partial charge < -0.3 is 45.1 Å². The molecule has 4 fully saturated rings. The Balaban J connectivity index is 1.37. The molecule has 10 nitrogen and oxygen atoms in total. The molecule has 0 unspecified atom stereocenters. The first-order valence-electron chi connectivity index (χ1n) is 17.7. The highest BCUT2D eigenvalue weighted by atomic mass is 16.5. The van der Waals surface area contributed by atoms with Crippen LogP contribution in [0.5, 0.6) is 0 Å². The molecule has 0 amide bonds.